The first-order valence-electron chi connectivity index (χ1n) is 5.58. The lowest BCUT2D eigenvalue weighted by molar-refractivity contribution is -0.136. The monoisotopic (exact) mass is 211 g/mol. The summed E-state index contributed by atoms with van der Waals surface area (Å²) in [5.41, 5.74) is -0.00363. The summed E-state index contributed by atoms with van der Waals surface area (Å²) in [7, 11) is 0. The molecule has 86 valence electrons. The molecule has 1 heterocycles. The zero-order chi connectivity index (χ0) is 11.6. The van der Waals surface area contributed by atoms with Gasteiger partial charge < -0.3 is 9.69 Å². The number of nitrogens with zero attached hydrogens (tertiary/aromatic N) is 1. The van der Waals surface area contributed by atoms with Crippen molar-refractivity contribution in [2.24, 2.45) is 11.3 Å². The molecule has 0 spiro atoms. The van der Waals surface area contributed by atoms with Gasteiger partial charge >= 0.3 is 0 Å². The van der Waals surface area contributed by atoms with Crippen LogP contribution in [0.2, 0.25) is 0 Å². The zero-order valence-corrected chi connectivity index (χ0v) is 10.1. The number of likely N-dealkylation sites (tertiary alicyclic amines) is 1. The second-order valence-corrected chi connectivity index (χ2v) is 5.83. The van der Waals surface area contributed by atoms with Gasteiger partial charge in [-0.3, -0.25) is 4.79 Å². The van der Waals surface area contributed by atoms with Crippen LogP contribution in [-0.4, -0.2) is 29.7 Å². The van der Waals surface area contributed by atoms with Crippen LogP contribution in [0.1, 0.15) is 40.5 Å². The number of hydrogen-bond donors (Lipinski definition) is 0. The van der Waals surface area contributed by atoms with Crippen LogP contribution in [0.25, 0.3) is 0 Å². The van der Waals surface area contributed by atoms with Crippen LogP contribution in [0.4, 0.5) is 0 Å². The van der Waals surface area contributed by atoms with Crippen molar-refractivity contribution < 1.29 is 9.59 Å². The lowest BCUT2D eigenvalue weighted by Gasteiger charge is -2.25. The topological polar surface area (TPSA) is 37.4 Å². The Hall–Kier alpha value is -0.860. The maximum atomic E-state index is 11.9. The van der Waals surface area contributed by atoms with Gasteiger partial charge in [-0.15, -0.1) is 0 Å². The molecule has 0 N–H and O–H groups in total. The molecule has 1 saturated heterocycles. The molecule has 0 aromatic heterocycles. The minimum Gasteiger partial charge on any atom is -0.333 e. The molecule has 0 aliphatic carbocycles. The van der Waals surface area contributed by atoms with Gasteiger partial charge in [0.15, 0.2) is 0 Å². The summed E-state index contributed by atoms with van der Waals surface area (Å²) < 4.78 is 0. The Balaban J connectivity index is 2.63. The second-order valence-electron chi connectivity index (χ2n) is 5.83. The summed E-state index contributed by atoms with van der Waals surface area (Å²) in [6, 6.07) is -0.185. The fourth-order valence-corrected chi connectivity index (χ4v) is 2.06. The third kappa shape index (κ3) is 3.33. The lowest BCUT2D eigenvalue weighted by Crippen LogP contribution is -2.38. The van der Waals surface area contributed by atoms with Crippen molar-refractivity contribution in [3.05, 3.63) is 0 Å². The third-order valence-corrected chi connectivity index (χ3v) is 2.71. The molecule has 0 aromatic carbocycles. The number of carbonyl (C=O) groups excluding carboxylic acids is 2. The van der Waals surface area contributed by atoms with E-state index in [9.17, 15) is 9.59 Å². The van der Waals surface area contributed by atoms with Crippen LogP contribution in [0, 0.1) is 11.3 Å². The van der Waals surface area contributed by atoms with E-state index in [0.717, 1.165) is 19.3 Å². The summed E-state index contributed by atoms with van der Waals surface area (Å²) >= 11 is 0. The lowest BCUT2D eigenvalue weighted by atomic mass is 9.91. The van der Waals surface area contributed by atoms with E-state index in [1.807, 2.05) is 20.8 Å². The summed E-state index contributed by atoms with van der Waals surface area (Å²) in [6.07, 6.45) is 2.24. The van der Waals surface area contributed by atoms with Crippen LogP contribution in [-0.2, 0) is 9.59 Å². The van der Waals surface area contributed by atoms with Crippen molar-refractivity contribution >= 4 is 12.2 Å². The van der Waals surface area contributed by atoms with Crippen LogP contribution in [0.5, 0.6) is 0 Å². The van der Waals surface area contributed by atoms with E-state index in [-0.39, 0.29) is 17.4 Å². The van der Waals surface area contributed by atoms with E-state index >= 15 is 0 Å². The van der Waals surface area contributed by atoms with Gasteiger partial charge in [-0.25, -0.2) is 0 Å². The molecule has 0 bridgehead atoms. The Morgan fingerprint density at radius 3 is 2.53 bits per heavy atom. The van der Waals surface area contributed by atoms with Crippen LogP contribution in [0.15, 0.2) is 0 Å². The van der Waals surface area contributed by atoms with Crippen molar-refractivity contribution in [2.75, 3.05) is 6.54 Å². The Kier molecular flexibility index (Phi) is 3.53. The third-order valence-electron chi connectivity index (χ3n) is 2.71. The Bertz CT molecular complexity index is 255. The van der Waals surface area contributed by atoms with Crippen LogP contribution < -0.4 is 0 Å². The first kappa shape index (κ1) is 12.2. The smallest absolute Gasteiger partial charge is 0.223 e. The first-order chi connectivity index (χ1) is 6.83. The Labute approximate surface area is 91.8 Å². The Morgan fingerprint density at radius 2 is 2.07 bits per heavy atom. The van der Waals surface area contributed by atoms with E-state index in [1.165, 1.54) is 0 Å². The van der Waals surface area contributed by atoms with E-state index in [0.29, 0.717) is 12.3 Å². The highest BCUT2D eigenvalue weighted by atomic mass is 16.2. The number of hydrogen-bond acceptors (Lipinski definition) is 2. The normalized spacial score (nSPS) is 26.8. The summed E-state index contributed by atoms with van der Waals surface area (Å²) in [6.45, 7) is 8.94. The second kappa shape index (κ2) is 4.33. The maximum absolute atomic E-state index is 11.9. The molecule has 1 aliphatic heterocycles. The fourth-order valence-electron chi connectivity index (χ4n) is 2.06. The predicted molar refractivity (Wildman–Crippen MR) is 59.4 cm³/mol. The van der Waals surface area contributed by atoms with Gasteiger partial charge in [0.05, 0.1) is 6.04 Å². The molecule has 1 rings (SSSR count). The average Bonchev–Trinajstić information content (AvgIpc) is 2.43. The Morgan fingerprint density at radius 1 is 1.47 bits per heavy atom. The fraction of sp³-hybridized carbons (Fsp3) is 0.833. The molecule has 1 unspecified atom stereocenters. The molecule has 1 aliphatic rings. The number of amides is 1. The molecule has 0 aromatic rings. The van der Waals surface area contributed by atoms with Crippen LogP contribution in [0.3, 0.4) is 0 Å². The number of carbonyl (C=O) groups is 2. The molecule has 3 heteroatoms. The van der Waals surface area contributed by atoms with Gasteiger partial charge in [0.1, 0.15) is 6.29 Å². The van der Waals surface area contributed by atoms with Crippen molar-refractivity contribution in [1.82, 2.24) is 4.90 Å². The van der Waals surface area contributed by atoms with Crippen molar-refractivity contribution in [1.29, 1.82) is 0 Å². The molecule has 1 fully saturated rings. The highest BCUT2D eigenvalue weighted by Gasteiger charge is 2.33. The summed E-state index contributed by atoms with van der Waals surface area (Å²) in [4.78, 5) is 24.5. The number of aldehydes is 1. The van der Waals surface area contributed by atoms with Gasteiger partial charge in [-0.05, 0) is 17.8 Å². The minimum atomic E-state index is -0.185. The molecule has 0 saturated carbocycles. The van der Waals surface area contributed by atoms with E-state index in [2.05, 4.69) is 6.92 Å². The summed E-state index contributed by atoms with van der Waals surface area (Å²) in [5.74, 6) is 0.563. The van der Waals surface area contributed by atoms with Crippen molar-refractivity contribution in [3.63, 3.8) is 0 Å². The molecule has 0 radical (unpaired) electrons. The van der Waals surface area contributed by atoms with Gasteiger partial charge in [-0.1, -0.05) is 27.7 Å². The standard InChI is InChI=1S/C12H21NO2/c1-9-5-10(8-14)13(7-9)11(15)6-12(2,3)4/h8-10H,5-7H2,1-4H3/t9-,10?/m1/s1. The van der Waals surface area contributed by atoms with E-state index in [1.54, 1.807) is 4.90 Å². The molecule has 1 amide bonds. The molecule has 3 nitrogen and oxygen atoms in total. The molecular weight excluding hydrogens is 190 g/mol. The van der Waals surface area contributed by atoms with Gasteiger partial charge in [0, 0.05) is 13.0 Å². The average molecular weight is 211 g/mol. The zero-order valence-electron chi connectivity index (χ0n) is 10.1. The van der Waals surface area contributed by atoms with E-state index < -0.39 is 0 Å². The maximum Gasteiger partial charge on any atom is 0.223 e. The first-order valence-corrected chi connectivity index (χ1v) is 5.58. The van der Waals surface area contributed by atoms with Crippen LogP contribution >= 0.6 is 0 Å². The van der Waals surface area contributed by atoms with Gasteiger partial charge in [0.25, 0.3) is 0 Å². The van der Waals surface area contributed by atoms with Crippen molar-refractivity contribution in [3.8, 4) is 0 Å². The highest BCUT2D eigenvalue weighted by Crippen LogP contribution is 2.26. The SMILES string of the molecule is C[C@@H]1CC(C=O)N(C(=O)CC(C)(C)C)C1. The quantitative estimate of drug-likeness (QED) is 0.654. The summed E-state index contributed by atoms with van der Waals surface area (Å²) in [5, 5.41) is 0. The largest absolute Gasteiger partial charge is 0.333 e. The molecule has 2 atom stereocenters. The minimum absolute atomic E-state index is 0.00363. The van der Waals surface area contributed by atoms with Gasteiger partial charge in [0.2, 0.25) is 5.91 Å². The predicted octanol–water partition coefficient (Wildman–Crippen LogP) is 1.86. The molecular formula is C12H21NO2. The van der Waals surface area contributed by atoms with E-state index in [4.69, 9.17) is 0 Å². The highest BCUT2D eigenvalue weighted by molar-refractivity contribution is 5.80. The molecule has 15 heavy (non-hydrogen) atoms. The van der Waals surface area contributed by atoms with Gasteiger partial charge in [-0.2, -0.15) is 0 Å². The number of rotatable bonds is 2. The van der Waals surface area contributed by atoms with Crippen molar-refractivity contribution in [2.45, 2.75) is 46.6 Å².